The van der Waals surface area contributed by atoms with Crippen LogP contribution in [0.25, 0.3) is 11.1 Å². The van der Waals surface area contributed by atoms with E-state index in [1.807, 2.05) is 62.4 Å². The molecule has 0 aromatic heterocycles. The molecule has 24 heavy (non-hydrogen) atoms. The summed E-state index contributed by atoms with van der Waals surface area (Å²) in [4.78, 5) is 24.2. The summed E-state index contributed by atoms with van der Waals surface area (Å²) in [5.74, 6) is 0.0862. The van der Waals surface area contributed by atoms with Crippen LogP contribution in [0.4, 0.5) is 0 Å². The minimum absolute atomic E-state index is 0.0422. The van der Waals surface area contributed by atoms with Crippen LogP contribution in [0.3, 0.4) is 0 Å². The van der Waals surface area contributed by atoms with Crippen molar-refractivity contribution in [2.45, 2.75) is 26.7 Å². The molecule has 2 aromatic rings. The number of benzene rings is 2. The van der Waals surface area contributed by atoms with Crippen molar-refractivity contribution in [1.29, 1.82) is 0 Å². The van der Waals surface area contributed by atoms with Crippen LogP contribution in [0, 0.1) is 0 Å². The minimum Gasteiger partial charge on any atom is -0.294 e. The van der Waals surface area contributed by atoms with Gasteiger partial charge < -0.3 is 0 Å². The third kappa shape index (κ3) is 4.63. The summed E-state index contributed by atoms with van der Waals surface area (Å²) in [7, 11) is 0. The molecule has 0 fully saturated rings. The highest BCUT2D eigenvalue weighted by Crippen LogP contribution is 2.27. The molecule has 2 aromatic carbocycles. The molecule has 0 atom stereocenters. The second-order valence-corrected chi connectivity index (χ2v) is 5.60. The summed E-state index contributed by atoms with van der Waals surface area (Å²) >= 11 is 0. The van der Waals surface area contributed by atoms with Crippen LogP contribution in [0.2, 0.25) is 0 Å². The van der Waals surface area contributed by atoms with Gasteiger partial charge in [-0.15, -0.1) is 0 Å². The van der Waals surface area contributed by atoms with Crippen LogP contribution in [0.5, 0.6) is 0 Å². The lowest BCUT2D eigenvalue weighted by atomic mass is 9.90. The Labute approximate surface area is 143 Å². The largest absolute Gasteiger partial charge is 0.294 e. The van der Waals surface area contributed by atoms with E-state index in [2.05, 4.69) is 0 Å². The van der Waals surface area contributed by atoms with E-state index in [1.165, 1.54) is 0 Å². The van der Waals surface area contributed by atoms with Crippen molar-refractivity contribution in [1.82, 2.24) is 0 Å². The predicted molar refractivity (Wildman–Crippen MR) is 98.9 cm³/mol. The lowest BCUT2D eigenvalue weighted by molar-refractivity contribution is -0.115. The Morgan fingerprint density at radius 1 is 0.792 bits per heavy atom. The molecule has 0 spiro atoms. The van der Waals surface area contributed by atoms with E-state index in [0.29, 0.717) is 12.8 Å². The Kier molecular flexibility index (Phi) is 6.44. The number of rotatable bonds is 7. The van der Waals surface area contributed by atoms with Crippen LogP contribution >= 0.6 is 0 Å². The summed E-state index contributed by atoms with van der Waals surface area (Å²) in [6.45, 7) is 3.66. The summed E-state index contributed by atoms with van der Waals surface area (Å²) in [6.07, 6.45) is 7.26. The summed E-state index contributed by atoms with van der Waals surface area (Å²) in [5, 5.41) is 0. The highest BCUT2D eigenvalue weighted by atomic mass is 16.1. The number of carbonyl (C=O) groups is 2. The Bertz CT molecular complexity index is 768. The molecule has 0 saturated heterocycles. The van der Waals surface area contributed by atoms with Crippen molar-refractivity contribution >= 4 is 11.6 Å². The summed E-state index contributed by atoms with van der Waals surface area (Å²) in [6, 6.07) is 15.9. The number of ketones is 2. The van der Waals surface area contributed by atoms with E-state index in [9.17, 15) is 9.59 Å². The maximum Gasteiger partial charge on any atom is 0.159 e. The zero-order valence-electron chi connectivity index (χ0n) is 14.2. The van der Waals surface area contributed by atoms with Gasteiger partial charge >= 0.3 is 0 Å². The van der Waals surface area contributed by atoms with Crippen molar-refractivity contribution in [2.24, 2.45) is 0 Å². The molecule has 122 valence electrons. The first-order chi connectivity index (χ1) is 11.7. The van der Waals surface area contributed by atoms with Crippen LogP contribution in [-0.2, 0) is 22.4 Å². The predicted octanol–water partition coefficient (Wildman–Crippen LogP) is 4.73. The highest BCUT2D eigenvalue weighted by Gasteiger charge is 2.14. The van der Waals surface area contributed by atoms with Crippen molar-refractivity contribution < 1.29 is 9.59 Å². The van der Waals surface area contributed by atoms with Gasteiger partial charge in [0.15, 0.2) is 11.6 Å². The van der Waals surface area contributed by atoms with E-state index in [-0.39, 0.29) is 11.6 Å². The summed E-state index contributed by atoms with van der Waals surface area (Å²) < 4.78 is 0. The molecule has 0 saturated carbocycles. The minimum atomic E-state index is 0.0422. The smallest absolute Gasteiger partial charge is 0.159 e. The standard InChI is InChI=1S/C22H22O2/c1-3-9-19(23)15-18-13-8-14-21(17-11-6-5-7-12-17)22(18)16-20(24)10-4-2/h3-14H,15-16H2,1-2H3. The van der Waals surface area contributed by atoms with Crippen LogP contribution in [0.1, 0.15) is 25.0 Å². The Balaban J connectivity index is 2.50. The molecule has 0 heterocycles. The van der Waals surface area contributed by atoms with E-state index in [0.717, 1.165) is 22.3 Å². The van der Waals surface area contributed by atoms with Gasteiger partial charge in [0.2, 0.25) is 0 Å². The lowest BCUT2D eigenvalue weighted by Gasteiger charge is -2.14. The molecule has 0 aliphatic rings. The molecule has 0 N–H and O–H groups in total. The molecular weight excluding hydrogens is 296 g/mol. The van der Waals surface area contributed by atoms with E-state index >= 15 is 0 Å². The second kappa shape index (κ2) is 8.78. The van der Waals surface area contributed by atoms with E-state index in [4.69, 9.17) is 0 Å². The first-order valence-corrected chi connectivity index (χ1v) is 8.13. The first-order valence-electron chi connectivity index (χ1n) is 8.13. The topological polar surface area (TPSA) is 34.1 Å². The maximum absolute atomic E-state index is 12.2. The average Bonchev–Trinajstić information content (AvgIpc) is 2.57. The molecule has 0 unspecified atom stereocenters. The van der Waals surface area contributed by atoms with Gasteiger partial charge in [0.05, 0.1) is 0 Å². The molecule has 2 rings (SSSR count). The molecule has 2 heteroatoms. The van der Waals surface area contributed by atoms with Crippen LogP contribution in [-0.4, -0.2) is 11.6 Å². The normalized spacial score (nSPS) is 11.2. The lowest BCUT2D eigenvalue weighted by Crippen LogP contribution is -2.08. The summed E-state index contributed by atoms with van der Waals surface area (Å²) in [5.41, 5.74) is 3.92. The zero-order chi connectivity index (χ0) is 17.4. The van der Waals surface area contributed by atoms with Gasteiger partial charge in [-0.25, -0.2) is 0 Å². The fourth-order valence-electron chi connectivity index (χ4n) is 2.75. The average molecular weight is 318 g/mol. The van der Waals surface area contributed by atoms with Gasteiger partial charge in [-0.05, 0) is 48.3 Å². The molecule has 2 nitrogen and oxygen atoms in total. The van der Waals surface area contributed by atoms with E-state index < -0.39 is 0 Å². The Morgan fingerprint density at radius 2 is 1.42 bits per heavy atom. The Hall–Kier alpha value is -2.74. The maximum atomic E-state index is 12.2. The second-order valence-electron chi connectivity index (χ2n) is 5.60. The van der Waals surface area contributed by atoms with Crippen molar-refractivity contribution in [3.8, 4) is 11.1 Å². The molecule has 0 amide bonds. The molecular formula is C22H22O2. The molecule has 0 aliphatic heterocycles. The molecule has 0 radical (unpaired) electrons. The molecule has 0 aliphatic carbocycles. The number of hydrogen-bond donors (Lipinski definition) is 0. The third-order valence-electron chi connectivity index (χ3n) is 3.78. The fourth-order valence-corrected chi connectivity index (χ4v) is 2.75. The zero-order valence-corrected chi connectivity index (χ0v) is 14.2. The Morgan fingerprint density at radius 3 is 2.04 bits per heavy atom. The van der Waals surface area contributed by atoms with Crippen LogP contribution < -0.4 is 0 Å². The van der Waals surface area contributed by atoms with Crippen molar-refractivity contribution in [2.75, 3.05) is 0 Å². The van der Waals surface area contributed by atoms with Crippen molar-refractivity contribution in [3.05, 3.63) is 84.0 Å². The SMILES string of the molecule is CC=CC(=O)Cc1cccc(-c2ccccc2)c1CC(=O)C=CC. The van der Waals surface area contributed by atoms with Crippen LogP contribution in [0.15, 0.2) is 72.8 Å². The quantitative estimate of drug-likeness (QED) is 0.692. The van der Waals surface area contributed by atoms with Gasteiger partial charge in [-0.1, -0.05) is 60.7 Å². The monoisotopic (exact) mass is 318 g/mol. The fraction of sp³-hybridized carbons (Fsp3) is 0.182. The van der Waals surface area contributed by atoms with Crippen molar-refractivity contribution in [3.63, 3.8) is 0 Å². The third-order valence-corrected chi connectivity index (χ3v) is 3.78. The van der Waals surface area contributed by atoms with Gasteiger partial charge in [-0.3, -0.25) is 9.59 Å². The van der Waals surface area contributed by atoms with Gasteiger partial charge in [0.1, 0.15) is 0 Å². The number of carbonyl (C=O) groups excluding carboxylic acids is 2. The number of hydrogen-bond acceptors (Lipinski definition) is 2. The van der Waals surface area contributed by atoms with Gasteiger partial charge in [0.25, 0.3) is 0 Å². The van der Waals surface area contributed by atoms with E-state index in [1.54, 1.807) is 24.3 Å². The first kappa shape index (κ1) is 17.6. The molecule has 0 bridgehead atoms. The van der Waals surface area contributed by atoms with Gasteiger partial charge in [0, 0.05) is 12.8 Å². The number of allylic oxidation sites excluding steroid dienone is 4. The van der Waals surface area contributed by atoms with Gasteiger partial charge in [-0.2, -0.15) is 0 Å². The highest BCUT2D eigenvalue weighted by molar-refractivity contribution is 5.95.